The summed E-state index contributed by atoms with van der Waals surface area (Å²) in [6, 6.07) is 7.69. The maximum atomic E-state index is 10.9. The highest BCUT2D eigenvalue weighted by Gasteiger charge is 2.19. The van der Waals surface area contributed by atoms with Crippen LogP contribution in [0.15, 0.2) is 46.7 Å². The van der Waals surface area contributed by atoms with Gasteiger partial charge in [0, 0.05) is 17.8 Å². The zero-order chi connectivity index (χ0) is 16.8. The molecule has 9 heteroatoms. The summed E-state index contributed by atoms with van der Waals surface area (Å²) in [6.07, 6.45) is 2.82. The molecule has 118 valence electrons. The van der Waals surface area contributed by atoms with Gasteiger partial charge in [-0.2, -0.15) is 5.10 Å². The number of aromatic hydroxyl groups is 1. The van der Waals surface area contributed by atoms with Gasteiger partial charge in [0.15, 0.2) is 11.6 Å². The Morgan fingerprint density at radius 1 is 1.48 bits per heavy atom. The largest absolute Gasteiger partial charge is 0.500 e. The van der Waals surface area contributed by atoms with Crippen molar-refractivity contribution in [2.24, 2.45) is 15.9 Å². The van der Waals surface area contributed by atoms with E-state index < -0.39 is 16.4 Å². The lowest BCUT2D eigenvalue weighted by Gasteiger charge is -2.04. The molecule has 0 saturated heterocycles. The molecule has 0 radical (unpaired) electrons. The van der Waals surface area contributed by atoms with Gasteiger partial charge in [0.25, 0.3) is 0 Å². The molecule has 9 nitrogen and oxygen atoms in total. The van der Waals surface area contributed by atoms with E-state index in [1.807, 2.05) is 0 Å². The molecule has 0 aliphatic heterocycles. The third-order valence-electron chi connectivity index (χ3n) is 2.79. The molecule has 3 N–H and O–H groups in total. The smallest absolute Gasteiger partial charge is 0.315 e. The van der Waals surface area contributed by atoms with Crippen molar-refractivity contribution in [3.05, 3.63) is 57.9 Å². The van der Waals surface area contributed by atoms with Crippen molar-refractivity contribution in [1.82, 2.24) is 4.98 Å². The lowest BCUT2D eigenvalue weighted by molar-refractivity contribution is -0.386. The first-order valence-electron chi connectivity index (χ1n) is 6.36. The Morgan fingerprint density at radius 2 is 2.26 bits per heavy atom. The second kappa shape index (κ2) is 6.98. The predicted molar refractivity (Wildman–Crippen MR) is 83.9 cm³/mol. The van der Waals surface area contributed by atoms with Gasteiger partial charge in [-0.05, 0) is 18.2 Å². The fourth-order valence-electron chi connectivity index (χ4n) is 1.71. The van der Waals surface area contributed by atoms with Gasteiger partial charge in [-0.15, -0.1) is 5.10 Å². The van der Waals surface area contributed by atoms with E-state index in [2.05, 4.69) is 15.2 Å². The van der Waals surface area contributed by atoms with Crippen molar-refractivity contribution in [2.45, 2.75) is 0 Å². The first-order chi connectivity index (χ1) is 11.0. The van der Waals surface area contributed by atoms with Gasteiger partial charge in [0.05, 0.1) is 18.2 Å². The van der Waals surface area contributed by atoms with Crippen LogP contribution < -0.4 is 10.5 Å². The molecule has 2 aromatic rings. The molecule has 1 heterocycles. The summed E-state index contributed by atoms with van der Waals surface area (Å²) in [5.41, 5.74) is 6.01. The van der Waals surface area contributed by atoms with Crippen LogP contribution in [0.2, 0.25) is 0 Å². The van der Waals surface area contributed by atoms with Gasteiger partial charge in [0.1, 0.15) is 5.69 Å². The van der Waals surface area contributed by atoms with E-state index in [1.54, 1.807) is 24.4 Å². The van der Waals surface area contributed by atoms with Crippen LogP contribution in [0.1, 0.15) is 11.3 Å². The number of rotatable bonds is 5. The standard InChI is InChI=1S/C14H13N5O4/c1-23-12-7-9(6-11(13(12)20)19(21)22)8-17-18-14(15)10-4-2-3-5-16-10/h2-8,20H,1H3,(H2,15,18)/b17-8-. The number of nitro groups is 1. The summed E-state index contributed by atoms with van der Waals surface area (Å²) in [7, 11) is 1.29. The number of aromatic nitrogens is 1. The Labute approximate surface area is 130 Å². The molecule has 1 aromatic carbocycles. The third-order valence-corrected chi connectivity index (χ3v) is 2.79. The summed E-state index contributed by atoms with van der Waals surface area (Å²) < 4.78 is 4.89. The minimum atomic E-state index is -0.722. The van der Waals surface area contributed by atoms with E-state index in [0.29, 0.717) is 11.3 Å². The normalized spacial score (nSPS) is 11.6. The summed E-state index contributed by atoms with van der Waals surface area (Å²) in [5, 5.41) is 28.1. The maximum absolute atomic E-state index is 10.9. The summed E-state index contributed by atoms with van der Waals surface area (Å²) >= 11 is 0. The van der Waals surface area contributed by atoms with Gasteiger partial charge < -0.3 is 15.6 Å². The minimum Gasteiger partial charge on any atom is -0.500 e. The van der Waals surface area contributed by atoms with E-state index in [1.165, 1.54) is 19.4 Å². The number of hydrogen-bond acceptors (Lipinski definition) is 7. The zero-order valence-corrected chi connectivity index (χ0v) is 12.1. The summed E-state index contributed by atoms with van der Waals surface area (Å²) in [6.45, 7) is 0. The average Bonchev–Trinajstić information content (AvgIpc) is 2.56. The van der Waals surface area contributed by atoms with Crippen molar-refractivity contribution in [3.63, 3.8) is 0 Å². The van der Waals surface area contributed by atoms with E-state index in [-0.39, 0.29) is 11.6 Å². The number of amidine groups is 1. The van der Waals surface area contributed by atoms with Crippen LogP contribution in [0.4, 0.5) is 5.69 Å². The second-order valence-electron chi connectivity index (χ2n) is 4.29. The van der Waals surface area contributed by atoms with E-state index in [9.17, 15) is 15.2 Å². The Morgan fingerprint density at radius 3 is 2.87 bits per heavy atom. The molecular formula is C14H13N5O4. The minimum absolute atomic E-state index is 0.0395. The maximum Gasteiger partial charge on any atom is 0.315 e. The highest BCUT2D eigenvalue weighted by Crippen LogP contribution is 2.36. The van der Waals surface area contributed by atoms with E-state index >= 15 is 0 Å². The number of hydrogen-bond donors (Lipinski definition) is 2. The quantitative estimate of drug-likeness (QED) is 0.371. The van der Waals surface area contributed by atoms with Gasteiger partial charge in [-0.3, -0.25) is 15.1 Å². The van der Waals surface area contributed by atoms with Crippen molar-refractivity contribution in [2.75, 3.05) is 7.11 Å². The van der Waals surface area contributed by atoms with Crippen LogP contribution in [0.5, 0.6) is 11.5 Å². The number of ether oxygens (including phenoxy) is 1. The number of benzene rings is 1. The van der Waals surface area contributed by atoms with E-state index in [0.717, 1.165) is 6.07 Å². The molecule has 0 fully saturated rings. The SMILES string of the molecule is COc1cc(/C=N\N=C(N)c2ccccn2)cc([N+](=O)[O-])c1O. The number of phenolic OH excluding ortho intramolecular Hbond substituents is 1. The molecule has 0 saturated carbocycles. The molecule has 0 aliphatic carbocycles. The highest BCUT2D eigenvalue weighted by atomic mass is 16.6. The monoisotopic (exact) mass is 315 g/mol. The topological polar surface area (TPSA) is 136 Å². The summed E-state index contributed by atoms with van der Waals surface area (Å²) in [4.78, 5) is 14.2. The number of nitrogens with two attached hydrogens (primary N) is 1. The van der Waals surface area contributed by atoms with Crippen LogP contribution >= 0.6 is 0 Å². The average molecular weight is 315 g/mol. The molecule has 2 rings (SSSR count). The van der Waals surface area contributed by atoms with Gasteiger partial charge in [-0.1, -0.05) is 6.07 Å². The predicted octanol–water partition coefficient (Wildman–Crippen LogP) is 1.44. The van der Waals surface area contributed by atoms with E-state index in [4.69, 9.17) is 10.5 Å². The third kappa shape index (κ3) is 3.79. The van der Waals surface area contributed by atoms with Crippen LogP contribution in [0.25, 0.3) is 0 Å². The number of nitro benzene ring substituents is 1. The van der Waals surface area contributed by atoms with Gasteiger partial charge >= 0.3 is 5.69 Å². The van der Waals surface area contributed by atoms with Crippen molar-refractivity contribution in [1.29, 1.82) is 0 Å². The van der Waals surface area contributed by atoms with Crippen LogP contribution in [0, 0.1) is 10.1 Å². The molecule has 0 atom stereocenters. The number of phenols is 1. The number of methoxy groups -OCH3 is 1. The Balaban J connectivity index is 2.29. The molecule has 1 aromatic heterocycles. The Hall–Kier alpha value is -3.49. The Bertz CT molecular complexity index is 774. The number of pyridine rings is 1. The fourth-order valence-corrected chi connectivity index (χ4v) is 1.71. The molecule has 0 spiro atoms. The first-order valence-corrected chi connectivity index (χ1v) is 6.36. The van der Waals surface area contributed by atoms with Crippen LogP contribution in [-0.2, 0) is 0 Å². The Kier molecular flexibility index (Phi) is 4.82. The van der Waals surface area contributed by atoms with Crippen molar-refractivity contribution < 1.29 is 14.8 Å². The lowest BCUT2D eigenvalue weighted by atomic mass is 10.2. The molecule has 0 aliphatic rings. The van der Waals surface area contributed by atoms with Gasteiger partial charge in [0.2, 0.25) is 5.75 Å². The van der Waals surface area contributed by atoms with Gasteiger partial charge in [-0.25, -0.2) is 0 Å². The molecular weight excluding hydrogens is 302 g/mol. The first kappa shape index (κ1) is 15.9. The van der Waals surface area contributed by atoms with Crippen LogP contribution in [-0.4, -0.2) is 34.2 Å². The summed E-state index contributed by atoms with van der Waals surface area (Å²) in [5.74, 6) is -0.490. The highest BCUT2D eigenvalue weighted by molar-refractivity contribution is 5.96. The molecule has 0 bridgehead atoms. The van der Waals surface area contributed by atoms with Crippen molar-refractivity contribution >= 4 is 17.7 Å². The molecule has 0 amide bonds. The zero-order valence-electron chi connectivity index (χ0n) is 12.1. The molecule has 23 heavy (non-hydrogen) atoms. The molecule has 0 unspecified atom stereocenters. The number of nitrogens with zero attached hydrogens (tertiary/aromatic N) is 4. The van der Waals surface area contributed by atoms with Crippen molar-refractivity contribution in [3.8, 4) is 11.5 Å². The fraction of sp³-hybridized carbons (Fsp3) is 0.0714. The lowest BCUT2D eigenvalue weighted by Crippen LogP contribution is -2.14. The second-order valence-corrected chi connectivity index (χ2v) is 4.29. The van der Waals surface area contributed by atoms with Crippen LogP contribution in [0.3, 0.4) is 0 Å².